The van der Waals surface area contributed by atoms with Crippen molar-refractivity contribution in [3.8, 4) is 0 Å². The highest BCUT2D eigenvalue weighted by atomic mass is 19.1. The average molecular weight is 832 g/mol. The van der Waals surface area contributed by atoms with Gasteiger partial charge in [-0.15, -0.1) is 0 Å². The van der Waals surface area contributed by atoms with E-state index in [1.807, 2.05) is 54.6 Å². The number of aromatic nitrogens is 2. The molecule has 3 saturated heterocycles. The summed E-state index contributed by atoms with van der Waals surface area (Å²) in [5, 5.41) is 12.4. The molecule has 0 radical (unpaired) electrons. The summed E-state index contributed by atoms with van der Waals surface area (Å²) in [6.07, 6.45) is 1.23. The number of anilines is 2. The van der Waals surface area contributed by atoms with E-state index in [-0.39, 0.29) is 42.3 Å². The molecule has 0 spiro atoms. The number of nitrogens with one attached hydrogen (secondary N) is 3. The van der Waals surface area contributed by atoms with Crippen LogP contribution in [0, 0.1) is 5.82 Å². The Morgan fingerprint density at radius 2 is 1.62 bits per heavy atom. The fourth-order valence-electron chi connectivity index (χ4n) is 9.28. The Balaban J connectivity index is 0.738. The van der Waals surface area contributed by atoms with Crippen LogP contribution in [-0.2, 0) is 38.8 Å². The molecule has 316 valence electrons. The average Bonchev–Trinajstić information content (AvgIpc) is 3.95. The monoisotopic (exact) mass is 831 g/mol. The number of halogens is 1. The van der Waals surface area contributed by atoms with Gasteiger partial charge in [-0.2, -0.15) is 5.10 Å². The molecule has 5 aliphatic heterocycles. The maximum absolute atomic E-state index is 15.9. The molecule has 2 atom stereocenters. The van der Waals surface area contributed by atoms with E-state index in [1.165, 1.54) is 13.2 Å². The van der Waals surface area contributed by atoms with Crippen molar-refractivity contribution in [3.05, 3.63) is 112 Å². The van der Waals surface area contributed by atoms with Gasteiger partial charge < -0.3 is 19.9 Å². The Hall–Kier alpha value is -6.30. The van der Waals surface area contributed by atoms with E-state index in [4.69, 9.17) is 4.74 Å². The Kier molecular flexibility index (Phi) is 10.9. The molecule has 5 aliphatic rings. The number of ether oxygens (including phenoxy) is 1. The molecule has 9 rings (SSSR count). The number of benzene rings is 3. The van der Waals surface area contributed by atoms with Crippen molar-refractivity contribution < 1.29 is 37.9 Å². The molecule has 1 aromatic heterocycles. The zero-order chi connectivity index (χ0) is 42.4. The first-order valence-corrected chi connectivity index (χ1v) is 20.7. The summed E-state index contributed by atoms with van der Waals surface area (Å²) in [5.41, 5.74) is 3.81. The van der Waals surface area contributed by atoms with Gasteiger partial charge >= 0.3 is 0 Å². The minimum atomic E-state index is -1.15. The fourth-order valence-corrected chi connectivity index (χ4v) is 9.28. The number of aromatic amines is 1. The molecular formula is C44H46FN9O7. The van der Waals surface area contributed by atoms with E-state index >= 15 is 4.39 Å². The topological polar surface area (TPSA) is 181 Å². The molecule has 0 saturated carbocycles. The number of H-pyrrole nitrogens is 1. The van der Waals surface area contributed by atoms with Gasteiger partial charge in [-0.25, -0.2) is 4.39 Å². The van der Waals surface area contributed by atoms with Crippen molar-refractivity contribution in [1.82, 2.24) is 35.1 Å². The molecule has 6 heterocycles. The maximum atomic E-state index is 15.9. The van der Waals surface area contributed by atoms with Crippen LogP contribution in [-0.4, -0.2) is 124 Å². The number of carbonyl (C=O) groups excluding carboxylic acids is 6. The van der Waals surface area contributed by atoms with Gasteiger partial charge in [0, 0.05) is 87.8 Å². The van der Waals surface area contributed by atoms with Crippen LogP contribution in [0.25, 0.3) is 0 Å². The number of amides is 6. The lowest BCUT2D eigenvalue weighted by Crippen LogP contribution is -2.54. The first-order chi connectivity index (χ1) is 29.6. The molecule has 1 unspecified atom stereocenters. The summed E-state index contributed by atoms with van der Waals surface area (Å²) in [7, 11) is 1.52. The van der Waals surface area contributed by atoms with Crippen LogP contribution in [0.3, 0.4) is 0 Å². The first-order valence-electron chi connectivity index (χ1n) is 20.7. The van der Waals surface area contributed by atoms with E-state index < -0.39 is 41.6 Å². The van der Waals surface area contributed by atoms with Gasteiger partial charge in [0.15, 0.2) is 11.9 Å². The molecule has 3 aromatic carbocycles. The number of hydrogen-bond acceptors (Lipinski definition) is 11. The third-order valence-electron chi connectivity index (χ3n) is 12.7. The number of piperazine rings is 1. The van der Waals surface area contributed by atoms with Crippen LogP contribution in [0.1, 0.15) is 85.2 Å². The number of piperidine rings is 2. The van der Waals surface area contributed by atoms with Gasteiger partial charge in [0.05, 0.1) is 29.9 Å². The van der Waals surface area contributed by atoms with Crippen LogP contribution in [0.2, 0.25) is 0 Å². The number of imide groups is 2. The third-order valence-corrected chi connectivity index (χ3v) is 12.7. The largest absolute Gasteiger partial charge is 0.371 e. The van der Waals surface area contributed by atoms with Gasteiger partial charge in [0.25, 0.3) is 23.6 Å². The highest BCUT2D eigenvalue weighted by Gasteiger charge is 2.46. The number of nitrogens with zero attached hydrogens (tertiary/aromatic N) is 6. The van der Waals surface area contributed by atoms with Crippen LogP contribution in [0.5, 0.6) is 0 Å². The lowest BCUT2D eigenvalue weighted by atomic mass is 10.0. The number of fused-ring (bicyclic) bond motifs is 2. The fraction of sp³-hybridized carbons (Fsp3) is 0.386. The summed E-state index contributed by atoms with van der Waals surface area (Å²) in [5.74, 6) is -3.55. The Morgan fingerprint density at radius 3 is 2.33 bits per heavy atom. The van der Waals surface area contributed by atoms with Crippen molar-refractivity contribution in [1.29, 1.82) is 0 Å². The van der Waals surface area contributed by atoms with Crippen LogP contribution >= 0.6 is 0 Å². The highest BCUT2D eigenvalue weighted by Crippen LogP contribution is 2.33. The quantitative estimate of drug-likeness (QED) is 0.200. The number of methoxy groups -OCH3 is 1. The smallest absolute Gasteiger partial charge is 0.265 e. The number of carbonyl (C=O) groups is 6. The Labute approximate surface area is 351 Å². The molecule has 0 bridgehead atoms. The first kappa shape index (κ1) is 40.1. The number of rotatable bonds is 10. The molecule has 17 heteroatoms. The molecule has 16 nitrogen and oxygen atoms in total. The molecular weight excluding hydrogens is 786 g/mol. The van der Waals surface area contributed by atoms with Crippen molar-refractivity contribution >= 4 is 46.9 Å². The van der Waals surface area contributed by atoms with Gasteiger partial charge in [-0.3, -0.25) is 53.9 Å². The van der Waals surface area contributed by atoms with Crippen LogP contribution in [0.4, 0.5) is 15.9 Å². The third kappa shape index (κ3) is 7.68. The van der Waals surface area contributed by atoms with E-state index in [0.717, 1.165) is 79.5 Å². The number of hydrogen-bond donors (Lipinski definition) is 3. The molecule has 0 aliphatic carbocycles. The SMILES string of the molecule is CO[C@@H](C(=O)N1Cc2[nH]nc(NC(=O)c3ccc(N4CCC(N5CCN(Cc6ccc7c(c6F)C(=O)N(C6CCC(=O)NC6=O)C7=O)CC5)CC4)cc3)c2C1)c1ccccc1. The minimum absolute atomic E-state index is 0.00573. The van der Waals surface area contributed by atoms with E-state index in [2.05, 4.69) is 35.5 Å². The maximum Gasteiger partial charge on any atom is 0.265 e. The van der Waals surface area contributed by atoms with Gasteiger partial charge in [0.2, 0.25) is 11.8 Å². The summed E-state index contributed by atoms with van der Waals surface area (Å²) < 4.78 is 21.4. The predicted octanol–water partition coefficient (Wildman–Crippen LogP) is 3.22. The van der Waals surface area contributed by atoms with Gasteiger partial charge in [-0.1, -0.05) is 36.4 Å². The van der Waals surface area contributed by atoms with Gasteiger partial charge in [0.1, 0.15) is 11.9 Å². The lowest BCUT2D eigenvalue weighted by molar-refractivity contribution is -0.143. The van der Waals surface area contributed by atoms with Crippen LogP contribution < -0.4 is 15.5 Å². The summed E-state index contributed by atoms with van der Waals surface area (Å²) in [6, 6.07) is 19.2. The molecule has 3 N–H and O–H groups in total. The standard InChI is InChI=1S/C44H46FN9O7/c1-61-38(26-5-3-2-4-6-26)44(60)53-24-32-33(25-53)48-49-39(32)47-40(56)27-7-10-29(11-8-27)51-17-15-30(16-18-51)52-21-19-50(20-22-52)23-28-9-12-31-36(37(28)45)43(59)54(42(31)58)34-13-14-35(55)46-41(34)57/h2-12,30,34,38H,13-25H2,1H3,(H,46,55,57)(H2,47,48,49,56)/t34?,38-/m1/s1. The summed E-state index contributed by atoms with van der Waals surface area (Å²) in [6.45, 7) is 5.72. The summed E-state index contributed by atoms with van der Waals surface area (Å²) in [4.78, 5) is 86.5. The molecule has 3 fully saturated rings. The molecule has 61 heavy (non-hydrogen) atoms. The molecule has 4 aromatic rings. The zero-order valence-electron chi connectivity index (χ0n) is 33.7. The zero-order valence-corrected chi connectivity index (χ0v) is 33.7. The van der Waals surface area contributed by atoms with Crippen LogP contribution in [0.15, 0.2) is 66.7 Å². The van der Waals surface area contributed by atoms with Crippen molar-refractivity contribution in [2.24, 2.45) is 0 Å². The van der Waals surface area contributed by atoms with E-state index in [9.17, 15) is 28.8 Å². The molecule has 6 amide bonds. The lowest BCUT2D eigenvalue weighted by Gasteiger charge is -2.43. The predicted molar refractivity (Wildman–Crippen MR) is 219 cm³/mol. The second-order valence-electron chi connectivity index (χ2n) is 16.2. The summed E-state index contributed by atoms with van der Waals surface area (Å²) >= 11 is 0. The van der Waals surface area contributed by atoms with Gasteiger partial charge in [-0.05, 0) is 55.2 Å². The normalized spacial score (nSPS) is 20.5. The van der Waals surface area contributed by atoms with Crippen molar-refractivity contribution in [3.63, 3.8) is 0 Å². The minimum Gasteiger partial charge on any atom is -0.371 e. The van der Waals surface area contributed by atoms with E-state index in [0.29, 0.717) is 36.1 Å². The second kappa shape index (κ2) is 16.6. The highest BCUT2D eigenvalue weighted by molar-refractivity contribution is 6.23. The van der Waals surface area contributed by atoms with E-state index in [1.54, 1.807) is 11.0 Å². The Morgan fingerprint density at radius 1 is 0.885 bits per heavy atom. The second-order valence-corrected chi connectivity index (χ2v) is 16.2. The van der Waals surface area contributed by atoms with Crippen molar-refractivity contribution in [2.45, 2.75) is 63.5 Å². The van der Waals surface area contributed by atoms with Crippen molar-refractivity contribution in [2.75, 3.05) is 56.6 Å². The Bertz CT molecular complexity index is 2390.